The van der Waals surface area contributed by atoms with Crippen LogP contribution in [0.1, 0.15) is 25.0 Å². The lowest BCUT2D eigenvalue weighted by Gasteiger charge is -2.11. The number of carbonyl (C=O) groups is 1. The predicted octanol–water partition coefficient (Wildman–Crippen LogP) is 2.09. The Hall–Kier alpha value is -1.35. The Morgan fingerprint density at radius 1 is 1.29 bits per heavy atom. The molecule has 0 fully saturated rings. The van der Waals surface area contributed by atoms with Crippen molar-refractivity contribution in [3.05, 3.63) is 35.4 Å². The molecule has 0 saturated carbocycles. The number of nitrogens with two attached hydrogens (primary N) is 1. The zero-order chi connectivity index (χ0) is 12.8. The maximum Gasteiger partial charge on any atom is 0.308 e. The van der Waals surface area contributed by atoms with Crippen molar-refractivity contribution in [2.45, 2.75) is 26.7 Å². The van der Waals surface area contributed by atoms with Crippen LogP contribution in [0.2, 0.25) is 0 Å². The van der Waals surface area contributed by atoms with Crippen LogP contribution in [0.4, 0.5) is 0 Å². The average Bonchev–Trinajstić information content (AvgIpc) is 2.25. The van der Waals surface area contributed by atoms with Crippen molar-refractivity contribution in [1.82, 2.24) is 0 Å². The molecule has 1 atom stereocenters. The van der Waals surface area contributed by atoms with Gasteiger partial charge in [0.1, 0.15) is 0 Å². The highest BCUT2D eigenvalue weighted by Gasteiger charge is 2.15. The van der Waals surface area contributed by atoms with Crippen LogP contribution >= 0.6 is 0 Å². The normalized spacial score (nSPS) is 12.7. The Morgan fingerprint density at radius 2 is 1.88 bits per heavy atom. The van der Waals surface area contributed by atoms with E-state index in [1.54, 1.807) is 0 Å². The third kappa shape index (κ3) is 4.57. The highest BCUT2D eigenvalue weighted by Crippen LogP contribution is 2.14. The second-order valence-electron chi connectivity index (χ2n) is 4.89. The number of rotatable bonds is 6. The first-order chi connectivity index (χ1) is 8.02. The summed E-state index contributed by atoms with van der Waals surface area (Å²) in [5.41, 5.74) is 7.78. The molecular formula is C14H21NO2. The van der Waals surface area contributed by atoms with Gasteiger partial charge in [0.2, 0.25) is 0 Å². The van der Waals surface area contributed by atoms with E-state index in [1.807, 2.05) is 12.1 Å². The first-order valence-electron chi connectivity index (χ1n) is 6.03. The third-order valence-electron chi connectivity index (χ3n) is 2.75. The molecule has 0 saturated heterocycles. The second-order valence-corrected chi connectivity index (χ2v) is 4.89. The number of carboxylic acids is 1. The number of carboxylic acid groups (broad SMARTS) is 1. The van der Waals surface area contributed by atoms with E-state index < -0.39 is 11.9 Å². The standard InChI is InChI=1S/C14H21NO2/c1-10(2)6-11-4-3-5-12(7-11)8-13(9-15)14(16)17/h3-5,7,10,13H,6,8-9,15H2,1-2H3,(H,16,17)/t13-/m1/s1. The zero-order valence-electron chi connectivity index (χ0n) is 10.5. The molecule has 0 heterocycles. The Kier molecular flexibility index (Phi) is 5.16. The molecule has 0 aromatic heterocycles. The van der Waals surface area contributed by atoms with Gasteiger partial charge >= 0.3 is 5.97 Å². The van der Waals surface area contributed by atoms with Crippen LogP contribution in [0.3, 0.4) is 0 Å². The molecule has 94 valence electrons. The van der Waals surface area contributed by atoms with E-state index in [4.69, 9.17) is 10.8 Å². The molecule has 1 aromatic carbocycles. The Labute approximate surface area is 103 Å². The minimum absolute atomic E-state index is 0.184. The monoisotopic (exact) mass is 235 g/mol. The van der Waals surface area contributed by atoms with E-state index in [1.165, 1.54) is 5.56 Å². The van der Waals surface area contributed by atoms with Crippen LogP contribution in [0.25, 0.3) is 0 Å². The summed E-state index contributed by atoms with van der Waals surface area (Å²) in [6, 6.07) is 8.13. The quantitative estimate of drug-likeness (QED) is 0.793. The second kappa shape index (κ2) is 6.40. The molecule has 0 aliphatic carbocycles. The molecule has 0 spiro atoms. The summed E-state index contributed by atoms with van der Waals surface area (Å²) in [6.07, 6.45) is 1.53. The highest BCUT2D eigenvalue weighted by atomic mass is 16.4. The molecule has 1 rings (SSSR count). The van der Waals surface area contributed by atoms with E-state index in [2.05, 4.69) is 26.0 Å². The van der Waals surface area contributed by atoms with Crippen LogP contribution in [-0.4, -0.2) is 17.6 Å². The molecule has 0 aliphatic rings. The molecule has 17 heavy (non-hydrogen) atoms. The van der Waals surface area contributed by atoms with Gasteiger partial charge in [0, 0.05) is 6.54 Å². The van der Waals surface area contributed by atoms with Gasteiger partial charge in [-0.2, -0.15) is 0 Å². The maximum atomic E-state index is 10.9. The topological polar surface area (TPSA) is 63.3 Å². The summed E-state index contributed by atoms with van der Waals surface area (Å²) in [5.74, 6) is -0.693. The van der Waals surface area contributed by atoms with Gasteiger partial charge in [-0.3, -0.25) is 4.79 Å². The number of hydrogen-bond acceptors (Lipinski definition) is 2. The molecule has 3 N–H and O–H groups in total. The van der Waals surface area contributed by atoms with Crippen LogP contribution in [-0.2, 0) is 17.6 Å². The zero-order valence-corrected chi connectivity index (χ0v) is 10.5. The summed E-state index contributed by atoms with van der Waals surface area (Å²) in [7, 11) is 0. The van der Waals surface area contributed by atoms with Gasteiger partial charge in [-0.05, 0) is 29.9 Å². The summed E-state index contributed by atoms with van der Waals surface area (Å²) in [4.78, 5) is 10.9. The molecule has 3 heteroatoms. The van der Waals surface area contributed by atoms with E-state index in [0.717, 1.165) is 12.0 Å². The number of hydrogen-bond donors (Lipinski definition) is 2. The minimum Gasteiger partial charge on any atom is -0.481 e. The fourth-order valence-corrected chi connectivity index (χ4v) is 1.91. The van der Waals surface area contributed by atoms with Gasteiger partial charge in [-0.15, -0.1) is 0 Å². The summed E-state index contributed by atoms with van der Waals surface area (Å²) >= 11 is 0. The van der Waals surface area contributed by atoms with E-state index in [0.29, 0.717) is 12.3 Å². The van der Waals surface area contributed by atoms with Crippen molar-refractivity contribution in [3.8, 4) is 0 Å². The minimum atomic E-state index is -0.818. The van der Waals surface area contributed by atoms with Gasteiger partial charge in [0.25, 0.3) is 0 Å². The third-order valence-corrected chi connectivity index (χ3v) is 2.75. The summed E-state index contributed by atoms with van der Waals surface area (Å²) in [6.45, 7) is 4.53. The molecular weight excluding hydrogens is 214 g/mol. The average molecular weight is 235 g/mol. The van der Waals surface area contributed by atoms with Gasteiger partial charge < -0.3 is 10.8 Å². The molecule has 0 unspecified atom stereocenters. The predicted molar refractivity (Wildman–Crippen MR) is 68.9 cm³/mol. The summed E-state index contributed by atoms with van der Waals surface area (Å²) in [5, 5.41) is 8.97. The van der Waals surface area contributed by atoms with Crippen molar-refractivity contribution >= 4 is 5.97 Å². The molecule has 0 amide bonds. The SMILES string of the molecule is CC(C)Cc1cccc(C[C@H](CN)C(=O)O)c1. The lowest BCUT2D eigenvalue weighted by Crippen LogP contribution is -2.25. The van der Waals surface area contributed by atoms with Crippen molar-refractivity contribution in [2.24, 2.45) is 17.6 Å². The maximum absolute atomic E-state index is 10.9. The Balaban J connectivity index is 2.74. The van der Waals surface area contributed by atoms with E-state index in [9.17, 15) is 4.79 Å². The van der Waals surface area contributed by atoms with Gasteiger partial charge in [0.15, 0.2) is 0 Å². The van der Waals surface area contributed by atoms with Gasteiger partial charge in [0.05, 0.1) is 5.92 Å². The number of aliphatic carboxylic acids is 1. The Bertz CT molecular complexity index is 374. The lowest BCUT2D eigenvalue weighted by atomic mass is 9.95. The first-order valence-corrected chi connectivity index (χ1v) is 6.03. The largest absolute Gasteiger partial charge is 0.481 e. The summed E-state index contributed by atoms with van der Waals surface area (Å²) < 4.78 is 0. The van der Waals surface area contributed by atoms with Crippen molar-refractivity contribution in [1.29, 1.82) is 0 Å². The van der Waals surface area contributed by atoms with Crippen LogP contribution in [0, 0.1) is 11.8 Å². The molecule has 0 radical (unpaired) electrons. The fraction of sp³-hybridized carbons (Fsp3) is 0.500. The fourth-order valence-electron chi connectivity index (χ4n) is 1.91. The van der Waals surface area contributed by atoms with E-state index in [-0.39, 0.29) is 6.54 Å². The van der Waals surface area contributed by atoms with Gasteiger partial charge in [-0.1, -0.05) is 38.1 Å². The van der Waals surface area contributed by atoms with E-state index >= 15 is 0 Å². The number of benzene rings is 1. The molecule has 0 bridgehead atoms. The molecule has 3 nitrogen and oxygen atoms in total. The van der Waals surface area contributed by atoms with Crippen LogP contribution < -0.4 is 5.73 Å². The van der Waals surface area contributed by atoms with Crippen molar-refractivity contribution < 1.29 is 9.90 Å². The molecule has 1 aromatic rings. The van der Waals surface area contributed by atoms with Gasteiger partial charge in [-0.25, -0.2) is 0 Å². The molecule has 0 aliphatic heterocycles. The Morgan fingerprint density at radius 3 is 2.35 bits per heavy atom. The highest BCUT2D eigenvalue weighted by molar-refractivity contribution is 5.70. The van der Waals surface area contributed by atoms with Crippen LogP contribution in [0.5, 0.6) is 0 Å². The smallest absolute Gasteiger partial charge is 0.308 e. The van der Waals surface area contributed by atoms with Crippen molar-refractivity contribution in [3.63, 3.8) is 0 Å². The first kappa shape index (κ1) is 13.7. The van der Waals surface area contributed by atoms with Crippen LogP contribution in [0.15, 0.2) is 24.3 Å². The lowest BCUT2D eigenvalue weighted by molar-refractivity contribution is -0.141. The van der Waals surface area contributed by atoms with Crippen molar-refractivity contribution in [2.75, 3.05) is 6.54 Å².